The van der Waals surface area contributed by atoms with Crippen LogP contribution in [0.5, 0.6) is 0 Å². The molecule has 0 saturated carbocycles. The number of hydrogen-bond acceptors (Lipinski definition) is 2. The predicted molar refractivity (Wildman–Crippen MR) is 191 cm³/mol. The van der Waals surface area contributed by atoms with E-state index in [1.165, 1.54) is 114 Å². The summed E-state index contributed by atoms with van der Waals surface area (Å²) < 4.78 is 0. The fourth-order valence-corrected chi connectivity index (χ4v) is 5.93. The lowest BCUT2D eigenvalue weighted by atomic mass is 9.91. The zero-order chi connectivity index (χ0) is 32.2. The Labute approximate surface area is 266 Å². The fourth-order valence-electron chi connectivity index (χ4n) is 5.93. The second-order valence-corrected chi connectivity index (χ2v) is 15.2. The molecular formula is C40H80O2. The Hall–Kier alpha value is -0.600. The van der Waals surface area contributed by atoms with E-state index in [-0.39, 0.29) is 13.2 Å². The molecule has 0 aromatic rings. The first kappa shape index (κ1) is 43.5. The van der Waals surface area contributed by atoms with Crippen molar-refractivity contribution >= 4 is 0 Å². The molecule has 42 heavy (non-hydrogen) atoms. The molecule has 0 heterocycles. The second kappa shape index (κ2) is 30.4. The summed E-state index contributed by atoms with van der Waals surface area (Å²) in [6.07, 6.45) is 28.2. The molecule has 0 fully saturated rings. The summed E-state index contributed by atoms with van der Waals surface area (Å²) in [6, 6.07) is 0. The molecule has 0 radical (unpaired) electrons. The number of allylic oxidation sites excluding steroid dienone is 2. The highest BCUT2D eigenvalue weighted by Crippen LogP contribution is 2.23. The lowest BCUT2D eigenvalue weighted by Gasteiger charge is -2.15. The summed E-state index contributed by atoms with van der Waals surface area (Å²) in [5.74, 6) is 5.25. The van der Waals surface area contributed by atoms with Crippen LogP contribution in [0.4, 0.5) is 0 Å². The van der Waals surface area contributed by atoms with E-state index in [1.807, 2.05) is 12.2 Å². The van der Waals surface area contributed by atoms with E-state index in [0.29, 0.717) is 0 Å². The minimum atomic E-state index is 0.191. The summed E-state index contributed by atoms with van der Waals surface area (Å²) in [7, 11) is 0. The Morgan fingerprint density at radius 1 is 0.405 bits per heavy atom. The van der Waals surface area contributed by atoms with Crippen LogP contribution in [0.2, 0.25) is 0 Å². The summed E-state index contributed by atoms with van der Waals surface area (Å²) in [5, 5.41) is 17.7. The van der Waals surface area contributed by atoms with Crippen LogP contribution >= 0.6 is 0 Å². The molecule has 0 amide bonds. The molecule has 2 unspecified atom stereocenters. The first-order valence-corrected chi connectivity index (χ1v) is 18.4. The fraction of sp³-hybridized carbons (Fsp3) is 0.900. The molecule has 0 aliphatic heterocycles. The normalized spacial score (nSPS) is 15.5. The molecular weight excluding hydrogens is 512 g/mol. The third kappa shape index (κ3) is 33.9. The van der Waals surface area contributed by atoms with Gasteiger partial charge in [-0.3, -0.25) is 0 Å². The monoisotopic (exact) mass is 593 g/mol. The Kier molecular flexibility index (Phi) is 31.5. The Balaban J connectivity index is 0. The number of aliphatic hydroxyl groups excluding tert-OH is 2. The van der Waals surface area contributed by atoms with Crippen molar-refractivity contribution in [3.05, 3.63) is 23.3 Å². The average molecular weight is 593 g/mol. The molecule has 0 rings (SSSR count). The van der Waals surface area contributed by atoms with Crippen LogP contribution in [0.1, 0.15) is 185 Å². The van der Waals surface area contributed by atoms with Gasteiger partial charge in [-0.2, -0.15) is 0 Å². The third-order valence-corrected chi connectivity index (χ3v) is 9.16. The van der Waals surface area contributed by atoms with Crippen LogP contribution in [-0.4, -0.2) is 23.4 Å². The van der Waals surface area contributed by atoms with Gasteiger partial charge in [0, 0.05) is 0 Å². The lowest BCUT2D eigenvalue weighted by Crippen LogP contribution is -2.00. The Morgan fingerprint density at radius 3 is 0.881 bits per heavy atom. The molecule has 0 saturated heterocycles. The number of aliphatic hydroxyl groups is 2. The molecule has 2 heteroatoms. The van der Waals surface area contributed by atoms with Gasteiger partial charge in [0.15, 0.2) is 0 Å². The zero-order valence-corrected chi connectivity index (χ0v) is 30.7. The molecule has 0 spiro atoms. The summed E-state index contributed by atoms with van der Waals surface area (Å²) in [5.41, 5.74) is 2.67. The molecule has 4 atom stereocenters. The van der Waals surface area contributed by atoms with E-state index < -0.39 is 0 Å². The lowest BCUT2D eigenvalue weighted by molar-refractivity contribution is 0.341. The smallest absolute Gasteiger partial charge is 0.0614 e. The standard InChI is InChI=1S/2C20H40O/c2*1-17(2)9-6-10-18(3)11-7-12-19(4)13-8-14-20(5)15-16-21/h2*15,17-19,21H,6-14,16H2,1-5H3/t18-,19-;/m1./s1. The average Bonchev–Trinajstić information content (AvgIpc) is 2.89. The van der Waals surface area contributed by atoms with E-state index in [9.17, 15) is 0 Å². The highest BCUT2D eigenvalue weighted by atomic mass is 16.3. The van der Waals surface area contributed by atoms with E-state index in [1.54, 1.807) is 0 Å². The van der Waals surface area contributed by atoms with Gasteiger partial charge >= 0.3 is 0 Å². The van der Waals surface area contributed by atoms with Crippen molar-refractivity contribution in [2.75, 3.05) is 13.2 Å². The topological polar surface area (TPSA) is 40.5 Å². The van der Waals surface area contributed by atoms with Gasteiger partial charge in [-0.05, 0) is 75.0 Å². The molecule has 0 bridgehead atoms. The molecule has 0 aromatic heterocycles. The molecule has 0 aliphatic carbocycles. The van der Waals surface area contributed by atoms with Crippen LogP contribution in [-0.2, 0) is 0 Å². The van der Waals surface area contributed by atoms with Crippen LogP contribution in [0.15, 0.2) is 23.3 Å². The Bertz CT molecular complexity index is 563. The van der Waals surface area contributed by atoms with Crippen LogP contribution < -0.4 is 0 Å². The summed E-state index contributed by atoms with van der Waals surface area (Å²) >= 11 is 0. The predicted octanol–water partition coefficient (Wildman–Crippen LogP) is 12.7. The highest BCUT2D eigenvalue weighted by molar-refractivity contribution is 4.98. The largest absolute Gasteiger partial charge is 0.392 e. The van der Waals surface area contributed by atoms with Gasteiger partial charge < -0.3 is 10.2 Å². The van der Waals surface area contributed by atoms with Gasteiger partial charge in [-0.1, -0.05) is 169 Å². The van der Waals surface area contributed by atoms with Crippen LogP contribution in [0, 0.1) is 35.5 Å². The maximum atomic E-state index is 8.83. The van der Waals surface area contributed by atoms with Crippen molar-refractivity contribution in [1.29, 1.82) is 0 Å². The zero-order valence-electron chi connectivity index (χ0n) is 30.7. The SMILES string of the molecule is CC(=CCO)CCCC(C)CCCC(C)CCCC(C)C.CC(=CCO)CCC[C@H](C)CCC[C@H](C)CCCC(C)C. The van der Waals surface area contributed by atoms with Crippen molar-refractivity contribution in [2.45, 2.75) is 185 Å². The molecule has 2 N–H and O–H groups in total. The molecule has 0 aromatic carbocycles. The van der Waals surface area contributed by atoms with Crippen LogP contribution in [0.3, 0.4) is 0 Å². The first-order chi connectivity index (χ1) is 19.9. The highest BCUT2D eigenvalue weighted by Gasteiger charge is 2.08. The quantitative estimate of drug-likeness (QED) is 0.0981. The number of rotatable bonds is 26. The van der Waals surface area contributed by atoms with Crippen molar-refractivity contribution in [2.24, 2.45) is 35.5 Å². The van der Waals surface area contributed by atoms with E-state index in [4.69, 9.17) is 10.2 Å². The van der Waals surface area contributed by atoms with Gasteiger partial charge in [-0.15, -0.1) is 0 Å². The van der Waals surface area contributed by atoms with Gasteiger partial charge in [-0.25, -0.2) is 0 Å². The molecule has 0 aliphatic rings. The van der Waals surface area contributed by atoms with Crippen molar-refractivity contribution in [1.82, 2.24) is 0 Å². The summed E-state index contributed by atoms with van der Waals surface area (Å²) in [6.45, 7) is 23.6. The van der Waals surface area contributed by atoms with Crippen molar-refractivity contribution in [3.63, 3.8) is 0 Å². The minimum absolute atomic E-state index is 0.191. The van der Waals surface area contributed by atoms with E-state index in [0.717, 1.165) is 48.3 Å². The van der Waals surface area contributed by atoms with Gasteiger partial charge in [0.25, 0.3) is 0 Å². The van der Waals surface area contributed by atoms with E-state index in [2.05, 4.69) is 69.2 Å². The maximum absolute atomic E-state index is 8.83. The molecule has 252 valence electrons. The summed E-state index contributed by atoms with van der Waals surface area (Å²) in [4.78, 5) is 0. The van der Waals surface area contributed by atoms with Crippen molar-refractivity contribution < 1.29 is 10.2 Å². The third-order valence-electron chi connectivity index (χ3n) is 9.16. The maximum Gasteiger partial charge on any atom is 0.0614 e. The Morgan fingerprint density at radius 2 is 0.643 bits per heavy atom. The second-order valence-electron chi connectivity index (χ2n) is 15.2. The van der Waals surface area contributed by atoms with Gasteiger partial charge in [0.2, 0.25) is 0 Å². The van der Waals surface area contributed by atoms with Crippen LogP contribution in [0.25, 0.3) is 0 Å². The first-order valence-electron chi connectivity index (χ1n) is 18.4. The minimum Gasteiger partial charge on any atom is -0.392 e. The molecule has 2 nitrogen and oxygen atoms in total. The van der Waals surface area contributed by atoms with Crippen molar-refractivity contribution in [3.8, 4) is 0 Å². The van der Waals surface area contributed by atoms with Gasteiger partial charge in [0.1, 0.15) is 0 Å². The van der Waals surface area contributed by atoms with E-state index >= 15 is 0 Å². The van der Waals surface area contributed by atoms with Gasteiger partial charge in [0.05, 0.1) is 13.2 Å². The number of hydrogen-bond donors (Lipinski definition) is 2.